The molecule has 1 atom stereocenters. The lowest BCUT2D eigenvalue weighted by Gasteiger charge is -2.19. The molecular formula is C26H27Cl2NO2. The largest absolute Gasteiger partial charge is 0.487 e. The smallest absolute Gasteiger partial charge is 0.251 e. The Balaban J connectivity index is 1.67. The van der Waals surface area contributed by atoms with Crippen molar-refractivity contribution in [1.82, 2.24) is 5.32 Å². The second-order valence-corrected chi connectivity index (χ2v) is 8.66. The number of rotatable bonds is 8. The molecule has 0 aliphatic rings. The molecule has 31 heavy (non-hydrogen) atoms. The van der Waals surface area contributed by atoms with Gasteiger partial charge in [-0.25, -0.2) is 0 Å². The Bertz CT molecular complexity index is 1030. The number of carbonyl (C=O) groups excluding carboxylic acids is 1. The molecule has 0 saturated carbocycles. The standard InChI is InChI=1S/C26H27Cl2NO2/c1-4-24(20-10-8-19(9-11-20)17(2)3)29-26(30)21-7-5-6-18(14-21)16-31-25-13-12-22(27)15-23(25)28/h5-15,17,24H,4,16H2,1-3H3,(H,29,30)/t24-/m0/s1. The van der Waals surface area contributed by atoms with Gasteiger partial charge in [-0.2, -0.15) is 0 Å². The molecule has 3 nitrogen and oxygen atoms in total. The molecular weight excluding hydrogens is 429 g/mol. The molecule has 0 aromatic heterocycles. The molecule has 3 aromatic carbocycles. The zero-order chi connectivity index (χ0) is 22.4. The van der Waals surface area contributed by atoms with Crippen LogP contribution in [0.15, 0.2) is 66.7 Å². The van der Waals surface area contributed by atoms with E-state index in [1.165, 1.54) is 5.56 Å². The summed E-state index contributed by atoms with van der Waals surface area (Å²) in [5.74, 6) is 0.930. The van der Waals surface area contributed by atoms with E-state index in [2.05, 4.69) is 50.4 Å². The second kappa shape index (κ2) is 10.7. The molecule has 0 fully saturated rings. The highest BCUT2D eigenvalue weighted by atomic mass is 35.5. The predicted molar refractivity (Wildman–Crippen MR) is 128 cm³/mol. The number of carbonyl (C=O) groups is 1. The van der Waals surface area contributed by atoms with Crippen LogP contribution in [0.1, 0.15) is 66.2 Å². The van der Waals surface area contributed by atoms with Crippen LogP contribution >= 0.6 is 23.2 Å². The van der Waals surface area contributed by atoms with E-state index in [1.54, 1.807) is 18.2 Å². The van der Waals surface area contributed by atoms with Crippen molar-refractivity contribution in [2.24, 2.45) is 0 Å². The van der Waals surface area contributed by atoms with Crippen molar-refractivity contribution < 1.29 is 9.53 Å². The molecule has 0 unspecified atom stereocenters. The third-order valence-corrected chi connectivity index (χ3v) is 5.73. The number of ether oxygens (including phenoxy) is 1. The van der Waals surface area contributed by atoms with E-state index >= 15 is 0 Å². The lowest BCUT2D eigenvalue weighted by molar-refractivity contribution is 0.0935. The van der Waals surface area contributed by atoms with Crippen LogP contribution in [-0.4, -0.2) is 5.91 Å². The van der Waals surface area contributed by atoms with Gasteiger partial charge >= 0.3 is 0 Å². The summed E-state index contributed by atoms with van der Waals surface area (Å²) in [5, 5.41) is 4.16. The monoisotopic (exact) mass is 455 g/mol. The van der Waals surface area contributed by atoms with Gasteiger partial charge in [0.15, 0.2) is 0 Å². The van der Waals surface area contributed by atoms with E-state index in [4.69, 9.17) is 27.9 Å². The summed E-state index contributed by atoms with van der Waals surface area (Å²) < 4.78 is 5.79. The first-order valence-corrected chi connectivity index (χ1v) is 11.2. The van der Waals surface area contributed by atoms with Crippen LogP contribution in [0.4, 0.5) is 0 Å². The lowest BCUT2D eigenvalue weighted by Crippen LogP contribution is -2.28. The molecule has 1 amide bonds. The molecule has 0 heterocycles. The summed E-state index contributed by atoms with van der Waals surface area (Å²) >= 11 is 12.1. The van der Waals surface area contributed by atoms with Gasteiger partial charge in [0.2, 0.25) is 0 Å². The van der Waals surface area contributed by atoms with E-state index in [-0.39, 0.29) is 11.9 Å². The van der Waals surface area contributed by atoms with Crippen LogP contribution in [0.5, 0.6) is 5.75 Å². The van der Waals surface area contributed by atoms with Crippen molar-refractivity contribution in [2.75, 3.05) is 0 Å². The Kier molecular flexibility index (Phi) is 8.00. The fourth-order valence-corrected chi connectivity index (χ4v) is 3.79. The number of amides is 1. The van der Waals surface area contributed by atoms with Gasteiger partial charge in [-0.05, 0) is 59.4 Å². The lowest BCUT2D eigenvalue weighted by atomic mass is 9.98. The summed E-state index contributed by atoms with van der Waals surface area (Å²) in [6.45, 7) is 6.72. The summed E-state index contributed by atoms with van der Waals surface area (Å²) in [7, 11) is 0. The average Bonchev–Trinajstić information content (AvgIpc) is 2.77. The minimum absolute atomic E-state index is 0.0403. The molecule has 0 saturated heterocycles. The van der Waals surface area contributed by atoms with Crippen LogP contribution < -0.4 is 10.1 Å². The number of hydrogen-bond donors (Lipinski definition) is 1. The number of hydrogen-bond acceptors (Lipinski definition) is 2. The molecule has 5 heteroatoms. The fraction of sp³-hybridized carbons (Fsp3) is 0.269. The summed E-state index contributed by atoms with van der Waals surface area (Å²) in [4.78, 5) is 12.9. The van der Waals surface area contributed by atoms with E-state index in [1.807, 2.05) is 24.3 Å². The minimum atomic E-state index is -0.105. The van der Waals surface area contributed by atoms with Gasteiger partial charge in [0.25, 0.3) is 5.91 Å². The highest BCUT2D eigenvalue weighted by Crippen LogP contribution is 2.28. The molecule has 0 aliphatic heterocycles. The van der Waals surface area contributed by atoms with Crippen molar-refractivity contribution in [1.29, 1.82) is 0 Å². The molecule has 0 aliphatic carbocycles. The average molecular weight is 456 g/mol. The maximum Gasteiger partial charge on any atom is 0.251 e. The van der Waals surface area contributed by atoms with E-state index in [0.29, 0.717) is 33.9 Å². The minimum Gasteiger partial charge on any atom is -0.487 e. The third-order valence-electron chi connectivity index (χ3n) is 5.20. The van der Waals surface area contributed by atoms with Gasteiger partial charge in [0.1, 0.15) is 12.4 Å². The molecule has 1 N–H and O–H groups in total. The highest BCUT2D eigenvalue weighted by molar-refractivity contribution is 6.35. The van der Waals surface area contributed by atoms with Gasteiger partial charge in [0, 0.05) is 10.6 Å². The first-order valence-electron chi connectivity index (χ1n) is 10.4. The van der Waals surface area contributed by atoms with Crippen molar-refractivity contribution in [3.8, 4) is 5.75 Å². The maximum atomic E-state index is 12.9. The Morgan fingerprint density at radius 2 is 1.68 bits per heavy atom. The Morgan fingerprint density at radius 1 is 0.968 bits per heavy atom. The quantitative estimate of drug-likeness (QED) is 0.380. The van der Waals surface area contributed by atoms with Crippen molar-refractivity contribution in [3.05, 3.63) is 99.0 Å². The van der Waals surface area contributed by atoms with Gasteiger partial charge < -0.3 is 10.1 Å². The zero-order valence-corrected chi connectivity index (χ0v) is 19.5. The van der Waals surface area contributed by atoms with Gasteiger partial charge in [-0.15, -0.1) is 0 Å². The number of halogens is 2. The van der Waals surface area contributed by atoms with Crippen molar-refractivity contribution in [2.45, 2.75) is 45.8 Å². The summed E-state index contributed by atoms with van der Waals surface area (Å²) in [6, 6.07) is 21.0. The van der Waals surface area contributed by atoms with Crippen LogP contribution in [0.25, 0.3) is 0 Å². The third kappa shape index (κ3) is 6.25. The maximum absolute atomic E-state index is 12.9. The van der Waals surface area contributed by atoms with Gasteiger partial charge in [-0.3, -0.25) is 4.79 Å². The first-order chi connectivity index (χ1) is 14.9. The SMILES string of the molecule is CC[C@H](NC(=O)c1cccc(COc2ccc(Cl)cc2Cl)c1)c1ccc(C(C)C)cc1. The van der Waals surface area contributed by atoms with Crippen LogP contribution in [0.2, 0.25) is 10.0 Å². The predicted octanol–water partition coefficient (Wildman–Crippen LogP) is 7.58. The number of benzene rings is 3. The van der Waals surface area contributed by atoms with Gasteiger partial charge in [-0.1, -0.05) is 80.4 Å². The van der Waals surface area contributed by atoms with Crippen molar-refractivity contribution in [3.63, 3.8) is 0 Å². The molecule has 0 spiro atoms. The zero-order valence-electron chi connectivity index (χ0n) is 18.0. The summed E-state index contributed by atoms with van der Waals surface area (Å²) in [6.07, 6.45) is 0.810. The van der Waals surface area contributed by atoms with E-state index in [9.17, 15) is 4.79 Å². The van der Waals surface area contributed by atoms with E-state index < -0.39 is 0 Å². The topological polar surface area (TPSA) is 38.3 Å². The van der Waals surface area contributed by atoms with Crippen molar-refractivity contribution >= 4 is 29.1 Å². The second-order valence-electron chi connectivity index (χ2n) is 7.82. The van der Waals surface area contributed by atoms with Crippen LogP contribution in [0, 0.1) is 0 Å². The molecule has 3 rings (SSSR count). The molecule has 162 valence electrons. The highest BCUT2D eigenvalue weighted by Gasteiger charge is 2.15. The Labute approximate surface area is 194 Å². The molecule has 0 radical (unpaired) electrons. The van der Waals surface area contributed by atoms with Crippen LogP contribution in [-0.2, 0) is 6.61 Å². The Morgan fingerprint density at radius 3 is 2.32 bits per heavy atom. The molecule has 3 aromatic rings. The Hall–Kier alpha value is -2.49. The first kappa shape index (κ1) is 23.2. The van der Waals surface area contributed by atoms with Gasteiger partial charge in [0.05, 0.1) is 11.1 Å². The summed E-state index contributed by atoms with van der Waals surface area (Å²) in [5.41, 5.74) is 3.88. The molecule has 0 bridgehead atoms. The number of nitrogens with one attached hydrogen (secondary N) is 1. The fourth-order valence-electron chi connectivity index (χ4n) is 3.33. The van der Waals surface area contributed by atoms with Crippen LogP contribution in [0.3, 0.4) is 0 Å². The van der Waals surface area contributed by atoms with E-state index in [0.717, 1.165) is 17.5 Å². The normalized spacial score (nSPS) is 11.9.